The van der Waals surface area contributed by atoms with Crippen molar-refractivity contribution < 1.29 is 86.1 Å². The van der Waals surface area contributed by atoms with E-state index in [2.05, 4.69) is 109 Å². The highest BCUT2D eigenvalue weighted by molar-refractivity contribution is 7.99. The van der Waals surface area contributed by atoms with Gasteiger partial charge in [-0.05, 0) is 134 Å². The number of amides is 14. The van der Waals surface area contributed by atoms with E-state index in [0.717, 1.165) is 82.4 Å². The summed E-state index contributed by atoms with van der Waals surface area (Å²) in [6, 6.07) is 31.9. The van der Waals surface area contributed by atoms with Crippen LogP contribution in [0.2, 0.25) is 0 Å². The van der Waals surface area contributed by atoms with Gasteiger partial charge in [-0.1, -0.05) is 36.4 Å². The summed E-state index contributed by atoms with van der Waals surface area (Å²) < 4.78 is 23.7. The van der Waals surface area contributed by atoms with Gasteiger partial charge < -0.3 is 64.8 Å². The quantitative estimate of drug-likeness (QED) is 0.0320. The molecule has 46 heteroatoms. The number of nitrogens with zero attached hydrogens (tertiary/aromatic N) is 11. The van der Waals surface area contributed by atoms with Crippen molar-refractivity contribution in [3.05, 3.63) is 228 Å². The molecule has 0 saturated carbocycles. The molecule has 38 nitrogen and oxygen atoms in total. The lowest BCUT2D eigenvalue weighted by Gasteiger charge is -2.33. The van der Waals surface area contributed by atoms with Crippen LogP contribution in [0.25, 0.3) is 36.9 Å². The first-order chi connectivity index (χ1) is 62.9. The number of hydrogen-bond donors (Lipinski definition) is 9. The number of pyridine rings is 3. The van der Waals surface area contributed by atoms with Crippen molar-refractivity contribution in [2.45, 2.75) is 27.7 Å². The molecule has 0 radical (unpaired) electrons. The minimum atomic E-state index is -0.837. The van der Waals surface area contributed by atoms with E-state index in [-0.39, 0.29) is 65.5 Å². The van der Waals surface area contributed by atoms with Crippen LogP contribution in [0.5, 0.6) is 0 Å². The van der Waals surface area contributed by atoms with Crippen LogP contribution in [-0.2, 0) is 26.0 Å². The van der Waals surface area contributed by atoms with Gasteiger partial charge in [0.25, 0.3) is 59.1 Å². The van der Waals surface area contributed by atoms with Crippen molar-refractivity contribution in [2.75, 3.05) is 116 Å². The lowest BCUT2D eigenvalue weighted by molar-refractivity contribution is 0.0771. The molecule has 16 rings (SSSR count). The maximum absolute atomic E-state index is 12.9. The third-order valence-electron chi connectivity index (χ3n) is 18.3. The standard InChI is InChI=1S/C20H22N6O4S2.C18H15N3O4S.C17H15N3O2S3.C16H14N4O4S.C13H14N4O4S/c1-3-30-20(29)24-16(27)12-5-11-31-18(12)23-17(28)19-22-14-13(32-19)4-6-21-15(14)26-9-7-25(2)8-10-26;1-2-25-18(24)21-16(23)13-7-8-26-17(13)20-15(22)12-9-11-5-3-4-6-14(11)19-10-12;21-14(16-18-12-3-1-2-4-13(12)25-16)19-15-11(5-8-24-15)17(22)20-6-9-23-10-7-20;1-2-24-16(23)19-13(21)10-6-8-25-15(10)18-14(22)11-9-17-20-7-4-3-5-12(11)20;1-3-21-13(20)16-10(18)8-4-5-22-12(8)15-11(19)9-6-14-7-17(9)2/h4-6,11H,3,7-10H2,1-2H3,(H,23,28)(H,24,27,29);3-10H,2H2,1H3,(H,20,22)(H,21,23,24);1-5,8H,6-7,9-10H2,(H,19,21);3-9H,2H2,1H3,(H,18,22)(H,19,21,23);4-7H,3H2,1-2H3,(H,15,19)(H,16,18,20). The number of thioether (sulfide) groups is 1. The molecular formula is C84H80N20O18S8. The fourth-order valence-corrected chi connectivity index (χ4v) is 18.5. The SMILES string of the molecule is CCOC(=O)NC(=O)c1ccsc1NC(=O)c1cnc2ccccc2c1.CCOC(=O)NC(=O)c1ccsc1NC(=O)c1cncn1C.CCOC(=O)NC(=O)c1ccsc1NC(=O)c1cnn2ccccc12.CCOC(=O)NC(=O)c1ccsc1NC(=O)c1nc2c(N3CCN(C)CC3)nccc2s1.O=C(Nc1sccc1C(=O)N1CCSCC1)c1nc2ccccc2s1. The minimum Gasteiger partial charge on any atom is -0.450 e. The van der Waals surface area contributed by atoms with Crippen LogP contribution in [0.1, 0.15) is 130 Å². The summed E-state index contributed by atoms with van der Waals surface area (Å²) in [7, 11) is 3.77. The maximum atomic E-state index is 12.9. The van der Waals surface area contributed by atoms with Gasteiger partial charge in [-0.15, -0.1) is 79.4 Å². The molecule has 2 aliphatic heterocycles. The van der Waals surface area contributed by atoms with E-state index in [1.165, 1.54) is 129 Å². The number of aromatic nitrogens is 8. The normalized spacial score (nSPS) is 12.1. The van der Waals surface area contributed by atoms with Crippen LogP contribution in [0, 0.1) is 0 Å². The molecule has 14 aromatic rings. The molecule has 0 spiro atoms. The number of benzene rings is 2. The van der Waals surface area contributed by atoms with Crippen LogP contribution in [0.15, 0.2) is 173 Å². The highest BCUT2D eigenvalue weighted by Crippen LogP contribution is 2.34. The van der Waals surface area contributed by atoms with Crippen molar-refractivity contribution in [3.8, 4) is 0 Å². The molecule has 14 heterocycles. The molecule has 9 N–H and O–H groups in total. The number of ether oxygens (including phenoxy) is 4. The molecule has 0 bridgehead atoms. The van der Waals surface area contributed by atoms with Gasteiger partial charge in [0.05, 0.1) is 110 Å². The van der Waals surface area contributed by atoms with E-state index in [0.29, 0.717) is 63.4 Å². The van der Waals surface area contributed by atoms with Crippen LogP contribution in [0.3, 0.4) is 0 Å². The molecule has 14 amide bonds. The van der Waals surface area contributed by atoms with Crippen LogP contribution >= 0.6 is 91.1 Å². The molecule has 2 aromatic carbocycles. The van der Waals surface area contributed by atoms with Gasteiger partial charge in [0.15, 0.2) is 15.8 Å². The number of hydrogen-bond acceptors (Lipinski definition) is 34. The lowest BCUT2D eigenvalue weighted by Crippen LogP contribution is -2.44. The average Bonchev–Trinajstić information content (AvgIpc) is 1.65. The van der Waals surface area contributed by atoms with Gasteiger partial charge in [0.2, 0.25) is 0 Å². The zero-order valence-corrected chi connectivity index (χ0v) is 76.3. The first-order valence-electron chi connectivity index (χ1n) is 39.4. The van der Waals surface area contributed by atoms with Crippen molar-refractivity contribution in [1.82, 2.24) is 70.2 Å². The number of likely N-dealkylation sites (N-methyl/N-ethyl adjacent to an activating group) is 1. The fourth-order valence-electron chi connectivity index (χ4n) is 12.0. The largest absolute Gasteiger partial charge is 0.450 e. The number of rotatable bonds is 20. The molecule has 672 valence electrons. The first kappa shape index (κ1) is 95.0. The number of carbonyl (C=O) groups excluding carboxylic acids is 14. The number of alkyl carbamates (subject to hydrolysis) is 4. The van der Waals surface area contributed by atoms with E-state index in [9.17, 15) is 67.1 Å². The van der Waals surface area contributed by atoms with Crippen molar-refractivity contribution in [3.63, 3.8) is 0 Å². The zero-order valence-electron chi connectivity index (χ0n) is 69.8. The average molecular weight is 1910 g/mol. The molecule has 0 atom stereocenters. The Morgan fingerprint density at radius 3 is 1.40 bits per heavy atom. The van der Waals surface area contributed by atoms with E-state index in [4.69, 9.17) is 4.74 Å². The van der Waals surface area contributed by atoms with Gasteiger partial charge in [-0.25, -0.2) is 43.6 Å². The number of carbonyl (C=O) groups is 14. The van der Waals surface area contributed by atoms with Crippen LogP contribution in [0.4, 0.5) is 50.0 Å². The summed E-state index contributed by atoms with van der Waals surface area (Å²) in [5.74, 6) is -1.77. The Morgan fingerprint density at radius 2 is 0.885 bits per heavy atom. The smallest absolute Gasteiger partial charge is 0.414 e. The molecule has 0 unspecified atom stereocenters. The Balaban J connectivity index is 0.000000148. The number of piperazine rings is 1. The predicted octanol–water partition coefficient (Wildman–Crippen LogP) is 14.0. The molecular weight excluding hydrogens is 1830 g/mol. The highest BCUT2D eigenvalue weighted by Gasteiger charge is 2.29. The number of imide groups is 4. The van der Waals surface area contributed by atoms with E-state index >= 15 is 0 Å². The van der Waals surface area contributed by atoms with Gasteiger partial charge in [0.1, 0.15) is 36.2 Å². The number of thiazole rings is 2. The van der Waals surface area contributed by atoms with Crippen molar-refractivity contribution >= 4 is 242 Å². The number of anilines is 6. The van der Waals surface area contributed by atoms with Crippen molar-refractivity contribution in [2.24, 2.45) is 7.05 Å². The molecule has 0 aliphatic carbocycles. The number of para-hydroxylation sites is 2. The van der Waals surface area contributed by atoms with Gasteiger partial charge in [-0.3, -0.25) is 74.2 Å². The van der Waals surface area contributed by atoms with Gasteiger partial charge in [-0.2, -0.15) is 16.9 Å². The second kappa shape index (κ2) is 46.0. The number of thiophene rings is 5. The Labute approximate surface area is 771 Å². The maximum Gasteiger partial charge on any atom is 0.414 e. The summed E-state index contributed by atoms with van der Waals surface area (Å²) >= 11 is 10.6. The Bertz CT molecular complexity index is 6460. The van der Waals surface area contributed by atoms with Crippen LogP contribution < -0.4 is 52.8 Å². The van der Waals surface area contributed by atoms with Crippen molar-refractivity contribution in [1.29, 1.82) is 0 Å². The highest BCUT2D eigenvalue weighted by atomic mass is 32.2. The topological polar surface area (TPSA) is 481 Å². The molecule has 2 fully saturated rings. The van der Waals surface area contributed by atoms with Gasteiger partial charge >= 0.3 is 24.4 Å². The summed E-state index contributed by atoms with van der Waals surface area (Å²) in [4.78, 5) is 197. The fraction of sp³-hybridized carbons (Fsp3) is 0.214. The predicted molar refractivity (Wildman–Crippen MR) is 499 cm³/mol. The molecule has 130 heavy (non-hydrogen) atoms. The number of fused-ring (bicyclic) bond motifs is 4. The molecule has 12 aromatic heterocycles. The Morgan fingerprint density at radius 1 is 0.423 bits per heavy atom. The number of nitrogens with one attached hydrogen (secondary N) is 9. The molecule has 2 aliphatic rings. The van der Waals surface area contributed by atoms with E-state index in [1.807, 2.05) is 76.6 Å². The minimum absolute atomic E-state index is 0.0128. The third kappa shape index (κ3) is 25.0. The van der Waals surface area contributed by atoms with E-state index in [1.54, 1.807) is 108 Å². The van der Waals surface area contributed by atoms with Crippen LogP contribution in [-0.4, -0.2) is 217 Å². The second-order valence-corrected chi connectivity index (χ2v) is 34.7. The van der Waals surface area contributed by atoms with Gasteiger partial charge in [0, 0.05) is 81.8 Å². The summed E-state index contributed by atoms with van der Waals surface area (Å²) in [5.41, 5.74) is 5.34. The lowest BCUT2D eigenvalue weighted by atomic mass is 10.1. The zero-order chi connectivity index (χ0) is 92.3. The summed E-state index contributed by atoms with van der Waals surface area (Å²) in [6.07, 6.45) is 5.97. The summed E-state index contributed by atoms with van der Waals surface area (Å²) in [5, 5.41) is 38.0. The monoisotopic (exact) mass is 1910 g/mol. The first-order valence-corrected chi connectivity index (χ1v) is 46.6. The molecule has 2 saturated heterocycles. The third-order valence-corrected chi connectivity index (χ3v) is 25.4. The Hall–Kier alpha value is -14.1. The number of imidazole rings is 1. The van der Waals surface area contributed by atoms with E-state index < -0.39 is 71.6 Å². The summed E-state index contributed by atoms with van der Waals surface area (Å²) in [6.45, 7) is 12.2. The second-order valence-electron chi connectivity index (χ2n) is 26.9. The number of aryl methyl sites for hydroxylation is 1. The Kier molecular flexibility index (Phi) is 33.6.